The summed E-state index contributed by atoms with van der Waals surface area (Å²) in [6, 6.07) is 11.7. The van der Waals surface area contributed by atoms with Gasteiger partial charge in [0.05, 0.1) is 24.7 Å². The quantitative estimate of drug-likeness (QED) is 0.183. The number of aryl methyl sites for hydroxylation is 1. The summed E-state index contributed by atoms with van der Waals surface area (Å²) < 4.78 is 44.1. The second-order valence-electron chi connectivity index (χ2n) is 9.65. The summed E-state index contributed by atoms with van der Waals surface area (Å²) in [5.74, 6) is -5.30. The summed E-state index contributed by atoms with van der Waals surface area (Å²) >= 11 is 0. The third-order valence-corrected chi connectivity index (χ3v) is 8.51. The smallest absolute Gasteiger partial charge is 0.336 e. The van der Waals surface area contributed by atoms with Crippen molar-refractivity contribution in [1.29, 1.82) is 0 Å². The lowest BCUT2D eigenvalue weighted by Crippen LogP contribution is -2.46. The fraction of sp³-hybridized carbons (Fsp3) is 0.357. The van der Waals surface area contributed by atoms with Gasteiger partial charge in [-0.2, -0.15) is 0 Å². The summed E-state index contributed by atoms with van der Waals surface area (Å²) in [5, 5.41) is 9.51. The van der Waals surface area contributed by atoms with Gasteiger partial charge < -0.3 is 14.2 Å². The molecule has 2 aromatic rings. The molecule has 224 valence electrons. The molecule has 0 bridgehead atoms. The first-order valence-electron chi connectivity index (χ1n) is 12.7. The van der Waals surface area contributed by atoms with Gasteiger partial charge in [0.25, 0.3) is 5.69 Å². The molecule has 0 aliphatic carbocycles. The molecule has 2 aromatic carbocycles. The van der Waals surface area contributed by atoms with E-state index in [4.69, 9.17) is 14.2 Å². The Bertz CT molecular complexity index is 1560. The van der Waals surface area contributed by atoms with E-state index in [1.54, 1.807) is 19.1 Å². The molecule has 0 radical (unpaired) electrons. The first-order valence-corrected chi connectivity index (χ1v) is 14.2. The van der Waals surface area contributed by atoms with Crippen LogP contribution in [0.15, 0.2) is 64.8 Å². The zero-order valence-electron chi connectivity index (χ0n) is 23.8. The highest BCUT2D eigenvalue weighted by Crippen LogP contribution is 2.41. The van der Waals surface area contributed by atoms with Crippen LogP contribution in [0.4, 0.5) is 11.4 Å². The van der Waals surface area contributed by atoms with Crippen molar-refractivity contribution in [2.45, 2.75) is 45.0 Å². The molecule has 42 heavy (non-hydrogen) atoms. The molecule has 0 saturated carbocycles. The SMILES string of the molecule is COC(=O)C1C(C)=NC(C)=C(C(=O)O[C@H](C)[C@@H](C(=O)OC)S(=O)(=O)Nc2ccc(C)cc2)C1c1cccc([N+](=O)[O-])c1. The number of ether oxygens (including phenoxy) is 3. The molecular weight excluding hydrogens is 570 g/mol. The molecule has 0 spiro atoms. The van der Waals surface area contributed by atoms with E-state index in [0.717, 1.165) is 19.8 Å². The molecule has 0 saturated heterocycles. The van der Waals surface area contributed by atoms with Crippen LogP contribution in [0.25, 0.3) is 0 Å². The van der Waals surface area contributed by atoms with Crippen LogP contribution in [0.1, 0.15) is 37.8 Å². The summed E-state index contributed by atoms with van der Waals surface area (Å²) in [6.45, 7) is 6.06. The zero-order valence-corrected chi connectivity index (χ0v) is 24.6. The minimum Gasteiger partial charge on any atom is -0.468 e. The molecule has 1 aliphatic heterocycles. The number of carbonyl (C=O) groups excluding carboxylic acids is 3. The number of aliphatic imine (C=N–C) groups is 1. The monoisotopic (exact) mass is 601 g/mol. The molecule has 0 aromatic heterocycles. The van der Waals surface area contributed by atoms with Gasteiger partial charge in [-0.25, -0.2) is 13.2 Å². The van der Waals surface area contributed by atoms with Crippen LogP contribution in [-0.2, 0) is 38.6 Å². The fourth-order valence-corrected chi connectivity index (χ4v) is 6.26. The number of rotatable bonds is 10. The Hall–Kier alpha value is -4.59. The van der Waals surface area contributed by atoms with Crippen molar-refractivity contribution in [3.8, 4) is 0 Å². The van der Waals surface area contributed by atoms with Gasteiger partial charge >= 0.3 is 17.9 Å². The van der Waals surface area contributed by atoms with Gasteiger partial charge in [-0.1, -0.05) is 29.8 Å². The van der Waals surface area contributed by atoms with E-state index in [1.165, 1.54) is 50.2 Å². The Kier molecular flexibility index (Phi) is 9.83. The van der Waals surface area contributed by atoms with Gasteiger partial charge in [-0.05, 0) is 45.4 Å². The molecule has 1 N–H and O–H groups in total. The lowest BCUT2D eigenvalue weighted by molar-refractivity contribution is -0.384. The van der Waals surface area contributed by atoms with E-state index in [-0.39, 0.29) is 33.9 Å². The van der Waals surface area contributed by atoms with Gasteiger partial charge in [0.1, 0.15) is 12.0 Å². The number of hydrogen-bond donors (Lipinski definition) is 1. The van der Waals surface area contributed by atoms with Gasteiger partial charge in [0.2, 0.25) is 15.3 Å². The van der Waals surface area contributed by atoms with Gasteiger partial charge in [0, 0.05) is 35.1 Å². The number of nitrogens with one attached hydrogen (secondary N) is 1. The van der Waals surface area contributed by atoms with E-state index >= 15 is 0 Å². The molecule has 4 atom stereocenters. The van der Waals surface area contributed by atoms with E-state index in [0.29, 0.717) is 0 Å². The van der Waals surface area contributed by atoms with Crippen molar-refractivity contribution in [2.75, 3.05) is 18.9 Å². The molecule has 1 aliphatic rings. The van der Waals surface area contributed by atoms with Crippen molar-refractivity contribution in [2.24, 2.45) is 10.9 Å². The van der Waals surface area contributed by atoms with Crippen LogP contribution < -0.4 is 4.72 Å². The lowest BCUT2D eigenvalue weighted by Gasteiger charge is -2.32. The van der Waals surface area contributed by atoms with Crippen molar-refractivity contribution < 1.29 is 41.9 Å². The number of benzene rings is 2. The number of nitro groups is 1. The van der Waals surface area contributed by atoms with E-state index < -0.39 is 56.0 Å². The fourth-order valence-electron chi connectivity index (χ4n) is 4.76. The highest BCUT2D eigenvalue weighted by molar-refractivity contribution is 7.94. The van der Waals surface area contributed by atoms with Crippen molar-refractivity contribution in [3.63, 3.8) is 0 Å². The number of methoxy groups -OCH3 is 2. The topological polar surface area (TPSA) is 181 Å². The first kappa shape index (κ1) is 31.9. The first-order chi connectivity index (χ1) is 19.7. The number of carbonyl (C=O) groups is 3. The van der Waals surface area contributed by atoms with Crippen LogP contribution >= 0.6 is 0 Å². The molecule has 2 unspecified atom stereocenters. The Morgan fingerprint density at radius 1 is 1.02 bits per heavy atom. The Balaban J connectivity index is 2.05. The molecule has 3 rings (SSSR count). The number of sulfonamides is 1. The highest BCUT2D eigenvalue weighted by Gasteiger charge is 2.45. The summed E-state index contributed by atoms with van der Waals surface area (Å²) in [4.78, 5) is 54.5. The highest BCUT2D eigenvalue weighted by atomic mass is 32.2. The van der Waals surface area contributed by atoms with Crippen LogP contribution in [-0.4, -0.2) is 62.5 Å². The maximum Gasteiger partial charge on any atom is 0.336 e. The summed E-state index contributed by atoms with van der Waals surface area (Å²) in [7, 11) is -2.35. The molecular formula is C28H31N3O10S. The molecule has 1 heterocycles. The van der Waals surface area contributed by atoms with Crippen LogP contribution in [0.5, 0.6) is 0 Å². The van der Waals surface area contributed by atoms with E-state index in [1.807, 2.05) is 6.92 Å². The number of esters is 3. The number of allylic oxidation sites excluding steroid dienone is 1. The second-order valence-corrected chi connectivity index (χ2v) is 11.5. The lowest BCUT2D eigenvalue weighted by atomic mass is 9.75. The third-order valence-electron chi connectivity index (χ3n) is 6.74. The normalized spacial score (nSPS) is 18.3. The van der Waals surface area contributed by atoms with Crippen LogP contribution in [0, 0.1) is 23.0 Å². The average Bonchev–Trinajstić information content (AvgIpc) is 2.93. The maximum absolute atomic E-state index is 13.7. The summed E-state index contributed by atoms with van der Waals surface area (Å²) in [5.41, 5.74) is 1.27. The number of hydrogen-bond acceptors (Lipinski definition) is 11. The Morgan fingerprint density at radius 3 is 2.24 bits per heavy atom. The average molecular weight is 602 g/mol. The van der Waals surface area contributed by atoms with Crippen molar-refractivity contribution in [3.05, 3.63) is 81.0 Å². The number of nitro benzene ring substituents is 1. The minimum atomic E-state index is -4.50. The maximum atomic E-state index is 13.7. The number of non-ortho nitro benzene ring substituents is 1. The minimum absolute atomic E-state index is 0.136. The van der Waals surface area contributed by atoms with Gasteiger partial charge in [-0.3, -0.25) is 29.4 Å². The molecule has 14 heteroatoms. The van der Waals surface area contributed by atoms with Crippen molar-refractivity contribution in [1.82, 2.24) is 0 Å². The number of anilines is 1. The van der Waals surface area contributed by atoms with Crippen molar-refractivity contribution >= 4 is 45.0 Å². The molecule has 0 fully saturated rings. The Labute approximate surface area is 242 Å². The Morgan fingerprint density at radius 2 is 1.67 bits per heavy atom. The van der Waals surface area contributed by atoms with Gasteiger partial charge in [0.15, 0.2) is 0 Å². The van der Waals surface area contributed by atoms with E-state index in [9.17, 15) is 32.9 Å². The summed E-state index contributed by atoms with van der Waals surface area (Å²) in [6.07, 6.45) is -1.58. The number of nitrogens with zero attached hydrogens (tertiary/aromatic N) is 2. The zero-order chi connectivity index (χ0) is 31.4. The predicted molar refractivity (Wildman–Crippen MR) is 152 cm³/mol. The molecule has 0 amide bonds. The third kappa shape index (κ3) is 6.82. The van der Waals surface area contributed by atoms with Crippen LogP contribution in [0.2, 0.25) is 0 Å². The van der Waals surface area contributed by atoms with Crippen LogP contribution in [0.3, 0.4) is 0 Å². The standard InChI is InChI=1S/C28H31N3O10S/c1-15-10-12-20(13-11-15)30-42(37,38)25(28(34)40-6)18(4)41-27(33)23-17(3)29-16(2)22(26(32)39-5)24(23)19-8-7-9-21(14-19)31(35)36/h7-14,18,22,24-25,30H,1-6H3/t18-,22?,24?,25+/m1/s1. The largest absolute Gasteiger partial charge is 0.468 e. The second kappa shape index (κ2) is 12.9. The van der Waals surface area contributed by atoms with E-state index in [2.05, 4.69) is 9.71 Å². The van der Waals surface area contributed by atoms with Gasteiger partial charge in [-0.15, -0.1) is 0 Å². The predicted octanol–water partition coefficient (Wildman–Crippen LogP) is 3.44. The molecule has 13 nitrogen and oxygen atoms in total.